The number of hydrogen-bond acceptors (Lipinski definition) is 3. The number of carbonyl (C=O) groups is 1. The molecule has 0 radical (unpaired) electrons. The molecule has 0 heterocycles. The molecule has 0 saturated heterocycles. The van der Waals surface area contributed by atoms with E-state index >= 15 is 0 Å². The first kappa shape index (κ1) is 13.3. The minimum absolute atomic E-state index is 0.251. The normalized spacial score (nSPS) is 12.1. The van der Waals surface area contributed by atoms with Crippen LogP contribution in [0.1, 0.15) is 5.56 Å². The SMILES string of the molecule is NOC(Cc1ccc(-c2ccccc2)cc1)C(=O)O. The van der Waals surface area contributed by atoms with Crippen LogP contribution < -0.4 is 5.90 Å². The van der Waals surface area contributed by atoms with Crippen molar-refractivity contribution in [1.29, 1.82) is 0 Å². The van der Waals surface area contributed by atoms with Crippen LogP contribution in [0.4, 0.5) is 0 Å². The Bertz CT molecular complexity index is 537. The lowest BCUT2D eigenvalue weighted by Crippen LogP contribution is -2.29. The van der Waals surface area contributed by atoms with Gasteiger partial charge in [0, 0.05) is 6.42 Å². The molecule has 0 fully saturated rings. The van der Waals surface area contributed by atoms with E-state index in [-0.39, 0.29) is 6.42 Å². The first-order chi connectivity index (χ1) is 9.20. The monoisotopic (exact) mass is 257 g/mol. The van der Waals surface area contributed by atoms with Gasteiger partial charge in [-0.15, -0.1) is 0 Å². The Morgan fingerprint density at radius 2 is 1.63 bits per heavy atom. The zero-order valence-electron chi connectivity index (χ0n) is 10.3. The second kappa shape index (κ2) is 6.13. The van der Waals surface area contributed by atoms with Gasteiger partial charge in [0.2, 0.25) is 0 Å². The third-order valence-electron chi connectivity index (χ3n) is 2.92. The number of aliphatic carboxylic acids is 1. The Morgan fingerprint density at radius 3 is 2.16 bits per heavy atom. The minimum Gasteiger partial charge on any atom is -0.479 e. The average Bonchev–Trinajstić information content (AvgIpc) is 2.46. The van der Waals surface area contributed by atoms with Gasteiger partial charge < -0.3 is 5.11 Å². The van der Waals surface area contributed by atoms with Gasteiger partial charge in [-0.2, -0.15) is 0 Å². The molecule has 0 spiro atoms. The standard InChI is InChI=1S/C15H15NO3/c16-19-14(15(17)18)10-11-6-8-13(9-7-11)12-4-2-1-3-5-12/h1-9,14H,10,16H2,(H,17,18). The van der Waals surface area contributed by atoms with E-state index in [4.69, 9.17) is 11.0 Å². The molecule has 2 rings (SSSR count). The van der Waals surface area contributed by atoms with Crippen molar-refractivity contribution in [1.82, 2.24) is 0 Å². The summed E-state index contributed by atoms with van der Waals surface area (Å²) in [7, 11) is 0. The second-order valence-electron chi connectivity index (χ2n) is 4.23. The van der Waals surface area contributed by atoms with E-state index in [0.29, 0.717) is 0 Å². The van der Waals surface area contributed by atoms with E-state index in [1.807, 2.05) is 54.6 Å². The van der Waals surface area contributed by atoms with Crippen molar-refractivity contribution in [2.45, 2.75) is 12.5 Å². The summed E-state index contributed by atoms with van der Waals surface area (Å²) >= 11 is 0. The van der Waals surface area contributed by atoms with E-state index < -0.39 is 12.1 Å². The molecule has 0 saturated carbocycles. The molecule has 2 aromatic carbocycles. The first-order valence-electron chi connectivity index (χ1n) is 5.93. The Balaban J connectivity index is 2.13. The third-order valence-corrected chi connectivity index (χ3v) is 2.92. The molecule has 0 amide bonds. The molecule has 1 atom stereocenters. The number of hydrogen-bond donors (Lipinski definition) is 2. The zero-order chi connectivity index (χ0) is 13.7. The van der Waals surface area contributed by atoms with Crippen molar-refractivity contribution in [3.63, 3.8) is 0 Å². The van der Waals surface area contributed by atoms with E-state index in [0.717, 1.165) is 16.7 Å². The van der Waals surface area contributed by atoms with E-state index in [1.54, 1.807) is 0 Å². The Morgan fingerprint density at radius 1 is 1.05 bits per heavy atom. The summed E-state index contributed by atoms with van der Waals surface area (Å²) in [6.45, 7) is 0. The number of nitrogens with two attached hydrogens (primary N) is 1. The van der Waals surface area contributed by atoms with Gasteiger partial charge in [-0.05, 0) is 16.7 Å². The van der Waals surface area contributed by atoms with Crippen LogP contribution in [0.5, 0.6) is 0 Å². The molecule has 0 aliphatic rings. The largest absolute Gasteiger partial charge is 0.479 e. The van der Waals surface area contributed by atoms with Gasteiger partial charge in [-0.3, -0.25) is 4.84 Å². The van der Waals surface area contributed by atoms with Crippen molar-refractivity contribution in [3.8, 4) is 11.1 Å². The topological polar surface area (TPSA) is 72.5 Å². The zero-order valence-corrected chi connectivity index (χ0v) is 10.3. The van der Waals surface area contributed by atoms with Gasteiger partial charge in [0.15, 0.2) is 6.10 Å². The maximum Gasteiger partial charge on any atom is 0.335 e. The lowest BCUT2D eigenvalue weighted by Gasteiger charge is -2.10. The van der Waals surface area contributed by atoms with Crippen LogP contribution in [0.15, 0.2) is 54.6 Å². The fourth-order valence-electron chi connectivity index (χ4n) is 1.87. The van der Waals surface area contributed by atoms with Crippen LogP contribution in [-0.4, -0.2) is 17.2 Å². The lowest BCUT2D eigenvalue weighted by molar-refractivity contribution is -0.150. The van der Waals surface area contributed by atoms with Gasteiger partial charge in [-0.25, -0.2) is 10.7 Å². The van der Waals surface area contributed by atoms with Crippen LogP contribution in [0.3, 0.4) is 0 Å². The molecule has 0 bridgehead atoms. The molecule has 1 unspecified atom stereocenters. The van der Waals surface area contributed by atoms with Crippen molar-refractivity contribution in [3.05, 3.63) is 60.2 Å². The maximum atomic E-state index is 10.8. The van der Waals surface area contributed by atoms with Crippen molar-refractivity contribution in [2.75, 3.05) is 0 Å². The van der Waals surface area contributed by atoms with E-state index in [9.17, 15) is 4.79 Å². The predicted octanol–water partition coefficient (Wildman–Crippen LogP) is 2.24. The van der Waals surface area contributed by atoms with E-state index in [1.165, 1.54) is 0 Å². The van der Waals surface area contributed by atoms with Crippen molar-refractivity contribution >= 4 is 5.97 Å². The van der Waals surface area contributed by atoms with Crippen LogP contribution in [0.25, 0.3) is 11.1 Å². The number of rotatable bonds is 5. The molecule has 19 heavy (non-hydrogen) atoms. The van der Waals surface area contributed by atoms with Crippen molar-refractivity contribution in [2.24, 2.45) is 5.90 Å². The fraction of sp³-hybridized carbons (Fsp3) is 0.133. The van der Waals surface area contributed by atoms with Crippen LogP contribution >= 0.6 is 0 Å². The molecule has 98 valence electrons. The summed E-state index contributed by atoms with van der Waals surface area (Å²) in [5.74, 6) is 3.90. The summed E-state index contributed by atoms with van der Waals surface area (Å²) in [6, 6.07) is 17.7. The molecular formula is C15H15NO3. The highest BCUT2D eigenvalue weighted by molar-refractivity contribution is 5.72. The highest BCUT2D eigenvalue weighted by atomic mass is 16.6. The summed E-state index contributed by atoms with van der Waals surface area (Å²) in [5.41, 5.74) is 3.08. The summed E-state index contributed by atoms with van der Waals surface area (Å²) in [5, 5.41) is 8.86. The molecule has 2 aromatic rings. The van der Waals surface area contributed by atoms with Crippen LogP contribution in [0, 0.1) is 0 Å². The Hall–Kier alpha value is -2.17. The fourth-order valence-corrected chi connectivity index (χ4v) is 1.87. The lowest BCUT2D eigenvalue weighted by atomic mass is 10.0. The smallest absolute Gasteiger partial charge is 0.335 e. The number of carboxylic acid groups (broad SMARTS) is 1. The Labute approximate surface area is 111 Å². The molecule has 0 aliphatic heterocycles. The quantitative estimate of drug-likeness (QED) is 0.806. The summed E-state index contributed by atoms with van der Waals surface area (Å²) in [4.78, 5) is 15.2. The molecule has 3 N–H and O–H groups in total. The second-order valence-corrected chi connectivity index (χ2v) is 4.23. The van der Waals surface area contributed by atoms with Crippen LogP contribution in [-0.2, 0) is 16.1 Å². The van der Waals surface area contributed by atoms with Gasteiger partial charge in [0.05, 0.1) is 0 Å². The number of benzene rings is 2. The highest BCUT2D eigenvalue weighted by Gasteiger charge is 2.17. The minimum atomic E-state index is -1.06. The molecule has 4 heteroatoms. The van der Waals surface area contributed by atoms with Gasteiger partial charge >= 0.3 is 5.97 Å². The first-order valence-corrected chi connectivity index (χ1v) is 5.93. The third kappa shape index (κ3) is 3.40. The maximum absolute atomic E-state index is 10.8. The van der Waals surface area contributed by atoms with E-state index in [2.05, 4.69) is 4.84 Å². The van der Waals surface area contributed by atoms with Gasteiger partial charge in [-0.1, -0.05) is 54.6 Å². The molecule has 0 aliphatic carbocycles. The molecular weight excluding hydrogens is 242 g/mol. The molecule has 0 aromatic heterocycles. The highest BCUT2D eigenvalue weighted by Crippen LogP contribution is 2.19. The Kier molecular flexibility index (Phi) is 4.28. The van der Waals surface area contributed by atoms with Gasteiger partial charge in [0.25, 0.3) is 0 Å². The van der Waals surface area contributed by atoms with Crippen LogP contribution in [0.2, 0.25) is 0 Å². The number of carboxylic acids is 1. The van der Waals surface area contributed by atoms with Gasteiger partial charge in [0.1, 0.15) is 0 Å². The predicted molar refractivity (Wildman–Crippen MR) is 72.3 cm³/mol. The average molecular weight is 257 g/mol. The summed E-state index contributed by atoms with van der Waals surface area (Å²) < 4.78 is 0. The van der Waals surface area contributed by atoms with Crippen molar-refractivity contribution < 1.29 is 14.7 Å². The summed E-state index contributed by atoms with van der Waals surface area (Å²) in [6.07, 6.45) is -0.761. The molecule has 4 nitrogen and oxygen atoms in total.